The number of carbonyl (C=O) groups excluding carboxylic acids is 1. The number of ether oxygens (including phenoxy) is 1. The predicted molar refractivity (Wildman–Crippen MR) is 109 cm³/mol. The van der Waals surface area contributed by atoms with Gasteiger partial charge < -0.3 is 9.84 Å². The van der Waals surface area contributed by atoms with Crippen LogP contribution >= 0.6 is 0 Å². The summed E-state index contributed by atoms with van der Waals surface area (Å²) >= 11 is 0. The molecular formula is C23H44O3. The Morgan fingerprint density at radius 2 is 1.35 bits per heavy atom. The second-order valence-corrected chi connectivity index (χ2v) is 8.41. The van der Waals surface area contributed by atoms with E-state index in [1.54, 1.807) is 0 Å². The molecule has 0 spiro atoms. The SMILES string of the molecule is CCCCCCCCC(CCCCCC)COC(=O)C1CCC(O)CC1. The highest BCUT2D eigenvalue weighted by molar-refractivity contribution is 5.72. The van der Waals surface area contributed by atoms with Crippen molar-refractivity contribution in [2.45, 2.75) is 123 Å². The fourth-order valence-corrected chi connectivity index (χ4v) is 4.01. The quantitative estimate of drug-likeness (QED) is 0.268. The molecule has 1 rings (SSSR count). The van der Waals surface area contributed by atoms with E-state index >= 15 is 0 Å². The van der Waals surface area contributed by atoms with Crippen molar-refractivity contribution < 1.29 is 14.6 Å². The van der Waals surface area contributed by atoms with Gasteiger partial charge >= 0.3 is 5.97 Å². The summed E-state index contributed by atoms with van der Waals surface area (Å²) in [4.78, 5) is 12.3. The Hall–Kier alpha value is -0.570. The van der Waals surface area contributed by atoms with Crippen molar-refractivity contribution in [1.82, 2.24) is 0 Å². The van der Waals surface area contributed by atoms with Gasteiger partial charge in [0.15, 0.2) is 0 Å². The molecule has 0 heterocycles. The zero-order valence-electron chi connectivity index (χ0n) is 17.5. The van der Waals surface area contributed by atoms with Crippen LogP contribution in [0.5, 0.6) is 0 Å². The first-order chi connectivity index (χ1) is 12.7. The fraction of sp³-hybridized carbons (Fsp3) is 0.957. The van der Waals surface area contributed by atoms with E-state index in [4.69, 9.17) is 4.74 Å². The van der Waals surface area contributed by atoms with E-state index in [0.717, 1.165) is 25.7 Å². The maximum Gasteiger partial charge on any atom is 0.308 e. The van der Waals surface area contributed by atoms with E-state index in [1.807, 2.05) is 0 Å². The third kappa shape index (κ3) is 11.2. The van der Waals surface area contributed by atoms with Gasteiger partial charge in [-0.15, -0.1) is 0 Å². The Bertz CT molecular complexity index is 334. The molecule has 26 heavy (non-hydrogen) atoms. The maximum atomic E-state index is 12.3. The summed E-state index contributed by atoms with van der Waals surface area (Å²) in [6.45, 7) is 5.11. The highest BCUT2D eigenvalue weighted by Gasteiger charge is 2.26. The summed E-state index contributed by atoms with van der Waals surface area (Å²) in [5.74, 6) is 0.544. The van der Waals surface area contributed by atoms with Crippen molar-refractivity contribution in [3.63, 3.8) is 0 Å². The van der Waals surface area contributed by atoms with Crippen molar-refractivity contribution in [2.75, 3.05) is 6.61 Å². The normalized spacial score (nSPS) is 21.5. The van der Waals surface area contributed by atoms with Gasteiger partial charge in [0.05, 0.1) is 18.6 Å². The van der Waals surface area contributed by atoms with Gasteiger partial charge in [0, 0.05) is 0 Å². The van der Waals surface area contributed by atoms with Crippen LogP contribution in [0.3, 0.4) is 0 Å². The minimum atomic E-state index is -0.210. The lowest BCUT2D eigenvalue weighted by atomic mass is 9.87. The van der Waals surface area contributed by atoms with Gasteiger partial charge in [0.25, 0.3) is 0 Å². The molecule has 3 heteroatoms. The van der Waals surface area contributed by atoms with E-state index in [2.05, 4.69) is 13.8 Å². The zero-order chi connectivity index (χ0) is 19.0. The molecule has 1 N–H and O–H groups in total. The number of esters is 1. The van der Waals surface area contributed by atoms with Gasteiger partial charge in [0.2, 0.25) is 0 Å². The Labute approximate surface area is 162 Å². The van der Waals surface area contributed by atoms with Crippen LogP contribution in [0, 0.1) is 11.8 Å². The zero-order valence-corrected chi connectivity index (χ0v) is 17.5. The van der Waals surface area contributed by atoms with E-state index in [9.17, 15) is 9.90 Å². The third-order valence-electron chi connectivity index (χ3n) is 5.92. The lowest BCUT2D eigenvalue weighted by molar-refractivity contribution is -0.151. The molecule has 154 valence electrons. The molecular weight excluding hydrogens is 324 g/mol. The van der Waals surface area contributed by atoms with Gasteiger partial charge in [-0.25, -0.2) is 0 Å². The molecule has 1 atom stereocenters. The van der Waals surface area contributed by atoms with Gasteiger partial charge in [-0.1, -0.05) is 78.1 Å². The second-order valence-electron chi connectivity index (χ2n) is 8.41. The highest BCUT2D eigenvalue weighted by Crippen LogP contribution is 2.26. The third-order valence-corrected chi connectivity index (χ3v) is 5.92. The molecule has 3 nitrogen and oxygen atoms in total. The van der Waals surface area contributed by atoms with Crippen LogP contribution in [0.15, 0.2) is 0 Å². The Morgan fingerprint density at radius 1 is 0.846 bits per heavy atom. The molecule has 1 aliphatic rings. The Kier molecular flexibility index (Phi) is 14.0. The van der Waals surface area contributed by atoms with E-state index in [-0.39, 0.29) is 18.0 Å². The Morgan fingerprint density at radius 3 is 1.92 bits per heavy atom. The monoisotopic (exact) mass is 368 g/mol. The van der Waals surface area contributed by atoms with Crippen molar-refractivity contribution in [1.29, 1.82) is 0 Å². The lowest BCUT2D eigenvalue weighted by Gasteiger charge is -2.25. The molecule has 0 aromatic carbocycles. The summed E-state index contributed by atoms with van der Waals surface area (Å²) in [5.41, 5.74) is 0. The van der Waals surface area contributed by atoms with E-state index in [1.165, 1.54) is 77.0 Å². The summed E-state index contributed by atoms with van der Waals surface area (Å²) in [6.07, 6.45) is 18.4. The number of carbonyl (C=O) groups is 1. The van der Waals surface area contributed by atoms with Crippen LogP contribution in [-0.2, 0) is 9.53 Å². The smallest absolute Gasteiger partial charge is 0.308 e. The van der Waals surface area contributed by atoms with Crippen LogP contribution in [-0.4, -0.2) is 23.8 Å². The molecule has 0 saturated heterocycles. The van der Waals surface area contributed by atoms with Crippen molar-refractivity contribution in [3.8, 4) is 0 Å². The van der Waals surface area contributed by atoms with Crippen LogP contribution in [0.2, 0.25) is 0 Å². The lowest BCUT2D eigenvalue weighted by Crippen LogP contribution is -2.27. The van der Waals surface area contributed by atoms with Gasteiger partial charge in [-0.3, -0.25) is 4.79 Å². The second kappa shape index (κ2) is 15.5. The van der Waals surface area contributed by atoms with Gasteiger partial charge in [-0.2, -0.15) is 0 Å². The van der Waals surface area contributed by atoms with Crippen LogP contribution in [0.25, 0.3) is 0 Å². The first-order valence-electron chi connectivity index (χ1n) is 11.5. The number of aliphatic hydroxyl groups excluding tert-OH is 1. The van der Waals surface area contributed by atoms with Crippen LogP contribution in [0.4, 0.5) is 0 Å². The minimum Gasteiger partial charge on any atom is -0.465 e. The predicted octanol–water partition coefficient (Wildman–Crippen LogP) is 6.42. The summed E-state index contributed by atoms with van der Waals surface area (Å²) in [5, 5.41) is 9.59. The Balaban J connectivity index is 2.26. The molecule has 1 saturated carbocycles. The summed E-state index contributed by atoms with van der Waals surface area (Å²) < 4.78 is 5.71. The number of unbranched alkanes of at least 4 members (excludes halogenated alkanes) is 8. The molecule has 0 aromatic rings. The first kappa shape index (κ1) is 23.5. The summed E-state index contributed by atoms with van der Waals surface area (Å²) in [7, 11) is 0. The topological polar surface area (TPSA) is 46.5 Å². The molecule has 0 aromatic heterocycles. The van der Waals surface area contributed by atoms with Crippen molar-refractivity contribution in [2.24, 2.45) is 11.8 Å². The minimum absolute atomic E-state index is 0.0154. The van der Waals surface area contributed by atoms with Crippen LogP contribution < -0.4 is 0 Å². The molecule has 1 aliphatic carbocycles. The molecule has 0 bridgehead atoms. The number of rotatable bonds is 15. The highest BCUT2D eigenvalue weighted by atomic mass is 16.5. The number of hydrogen-bond donors (Lipinski definition) is 1. The summed E-state index contributed by atoms with van der Waals surface area (Å²) in [6, 6.07) is 0. The standard InChI is InChI=1S/C23H44O3/c1-3-5-7-9-10-12-14-20(13-11-8-6-4-2)19-26-23(25)21-15-17-22(24)18-16-21/h20-22,24H,3-19H2,1-2H3. The number of hydrogen-bond acceptors (Lipinski definition) is 3. The largest absolute Gasteiger partial charge is 0.465 e. The van der Waals surface area contributed by atoms with Crippen molar-refractivity contribution >= 4 is 5.97 Å². The van der Waals surface area contributed by atoms with Crippen LogP contribution in [0.1, 0.15) is 117 Å². The fourth-order valence-electron chi connectivity index (χ4n) is 4.01. The molecule has 0 amide bonds. The first-order valence-corrected chi connectivity index (χ1v) is 11.5. The molecule has 1 fully saturated rings. The van der Waals surface area contributed by atoms with Gasteiger partial charge in [0.1, 0.15) is 0 Å². The van der Waals surface area contributed by atoms with E-state index < -0.39 is 0 Å². The molecule has 0 radical (unpaired) electrons. The molecule has 1 unspecified atom stereocenters. The average Bonchev–Trinajstić information content (AvgIpc) is 2.65. The maximum absolute atomic E-state index is 12.3. The van der Waals surface area contributed by atoms with Gasteiger partial charge in [-0.05, 0) is 44.4 Å². The number of aliphatic hydroxyl groups is 1. The average molecular weight is 369 g/mol. The van der Waals surface area contributed by atoms with Crippen molar-refractivity contribution in [3.05, 3.63) is 0 Å². The molecule has 0 aliphatic heterocycles. The van der Waals surface area contributed by atoms with E-state index in [0.29, 0.717) is 12.5 Å².